The van der Waals surface area contributed by atoms with E-state index in [2.05, 4.69) is 44.8 Å². The van der Waals surface area contributed by atoms with Crippen molar-refractivity contribution in [2.45, 2.75) is 54.0 Å². The van der Waals surface area contributed by atoms with E-state index in [1.165, 1.54) is 0 Å². The molecule has 0 aliphatic carbocycles. The Bertz CT molecular complexity index is 339. The van der Waals surface area contributed by atoms with Crippen molar-refractivity contribution in [3.63, 3.8) is 0 Å². The fourth-order valence-electron chi connectivity index (χ4n) is 1.45. The molecule has 1 unspecified atom stereocenters. The zero-order chi connectivity index (χ0) is 12.3. The van der Waals surface area contributed by atoms with Gasteiger partial charge < -0.3 is 4.57 Å². The summed E-state index contributed by atoms with van der Waals surface area (Å²) in [7, 11) is 0. The zero-order valence-corrected chi connectivity index (χ0v) is 11.7. The number of aromatic nitrogens is 3. The molecule has 0 spiro atoms. The summed E-state index contributed by atoms with van der Waals surface area (Å²) in [6.45, 7) is 12.0. The van der Waals surface area contributed by atoms with E-state index in [0.717, 1.165) is 25.2 Å². The molecule has 1 aromatic rings. The lowest BCUT2D eigenvalue weighted by atomic mass is 9.82. The molecule has 1 aromatic heterocycles. The van der Waals surface area contributed by atoms with Gasteiger partial charge in [-0.15, -0.1) is 10.2 Å². The van der Waals surface area contributed by atoms with Crippen LogP contribution in [0.3, 0.4) is 0 Å². The number of halogens is 1. The first kappa shape index (κ1) is 13.5. The second kappa shape index (κ2) is 5.17. The van der Waals surface area contributed by atoms with Crippen molar-refractivity contribution in [3.05, 3.63) is 11.1 Å². The van der Waals surface area contributed by atoms with Gasteiger partial charge in [-0.25, -0.2) is 0 Å². The van der Waals surface area contributed by atoms with Gasteiger partial charge in [0, 0.05) is 13.0 Å². The van der Waals surface area contributed by atoms with Crippen molar-refractivity contribution in [1.29, 1.82) is 0 Å². The molecule has 1 atom stereocenters. The maximum atomic E-state index is 6.06. The van der Waals surface area contributed by atoms with Crippen molar-refractivity contribution in [2.75, 3.05) is 0 Å². The normalized spacial score (nSPS) is 14.1. The lowest BCUT2D eigenvalue weighted by Crippen LogP contribution is -2.23. The number of aryl methyl sites for hydroxylation is 1. The predicted octanol–water partition coefficient (Wildman–Crippen LogP) is 3.57. The fraction of sp³-hybridized carbons (Fsp3) is 0.833. The Morgan fingerprint density at radius 2 is 1.94 bits per heavy atom. The quantitative estimate of drug-likeness (QED) is 0.810. The minimum absolute atomic E-state index is 0.275. The first-order valence-electron chi connectivity index (χ1n) is 5.93. The third-order valence-corrected chi connectivity index (χ3v) is 3.47. The molecule has 0 aliphatic rings. The van der Waals surface area contributed by atoms with Crippen molar-refractivity contribution in [3.8, 4) is 0 Å². The van der Waals surface area contributed by atoms with Crippen LogP contribution in [-0.4, -0.2) is 14.8 Å². The molecule has 1 heterocycles. The molecule has 0 fully saturated rings. The van der Waals surface area contributed by atoms with Crippen LogP contribution in [0.2, 0.25) is 5.28 Å². The van der Waals surface area contributed by atoms with Crippen LogP contribution in [0, 0.1) is 11.3 Å². The van der Waals surface area contributed by atoms with Gasteiger partial charge in [-0.1, -0.05) is 34.6 Å². The summed E-state index contributed by atoms with van der Waals surface area (Å²) in [5, 5.41) is 8.58. The Kier molecular flexibility index (Phi) is 4.36. The molecule has 0 saturated carbocycles. The summed E-state index contributed by atoms with van der Waals surface area (Å²) >= 11 is 6.06. The second-order valence-electron chi connectivity index (χ2n) is 5.51. The summed E-state index contributed by atoms with van der Waals surface area (Å²) in [5.74, 6) is 1.54. The van der Waals surface area contributed by atoms with Gasteiger partial charge in [-0.3, -0.25) is 0 Å². The standard InChI is InChI=1S/C12H22ClN3/c1-6-7-10-14-15-11(13)16(10)8-9(2)12(3,4)5/h9H,6-8H2,1-5H3. The van der Waals surface area contributed by atoms with E-state index in [0.29, 0.717) is 11.2 Å². The van der Waals surface area contributed by atoms with E-state index in [1.807, 2.05) is 4.57 Å². The van der Waals surface area contributed by atoms with E-state index >= 15 is 0 Å². The topological polar surface area (TPSA) is 30.7 Å². The van der Waals surface area contributed by atoms with Crippen LogP contribution in [0.1, 0.15) is 46.9 Å². The highest BCUT2D eigenvalue weighted by Gasteiger charge is 2.22. The molecule has 3 nitrogen and oxygen atoms in total. The maximum Gasteiger partial charge on any atom is 0.225 e. The molecule has 0 bridgehead atoms. The summed E-state index contributed by atoms with van der Waals surface area (Å²) in [4.78, 5) is 0. The van der Waals surface area contributed by atoms with Gasteiger partial charge in [0.05, 0.1) is 0 Å². The summed E-state index contributed by atoms with van der Waals surface area (Å²) in [6.07, 6.45) is 2.01. The van der Waals surface area contributed by atoms with Gasteiger partial charge in [-0.2, -0.15) is 0 Å². The molecule has 16 heavy (non-hydrogen) atoms. The average Bonchev–Trinajstić information content (AvgIpc) is 2.49. The van der Waals surface area contributed by atoms with Crippen LogP contribution in [0.4, 0.5) is 0 Å². The first-order chi connectivity index (χ1) is 7.36. The van der Waals surface area contributed by atoms with Gasteiger partial charge in [-0.05, 0) is 29.4 Å². The Labute approximate surface area is 103 Å². The highest BCUT2D eigenvalue weighted by Crippen LogP contribution is 2.28. The third kappa shape index (κ3) is 3.21. The third-order valence-electron chi connectivity index (χ3n) is 3.19. The fourth-order valence-corrected chi connectivity index (χ4v) is 1.65. The molecular weight excluding hydrogens is 222 g/mol. The van der Waals surface area contributed by atoms with Crippen molar-refractivity contribution < 1.29 is 0 Å². The molecule has 0 aromatic carbocycles. The predicted molar refractivity (Wildman–Crippen MR) is 67.6 cm³/mol. The van der Waals surface area contributed by atoms with E-state index in [9.17, 15) is 0 Å². The van der Waals surface area contributed by atoms with Crippen LogP contribution < -0.4 is 0 Å². The molecule has 92 valence electrons. The van der Waals surface area contributed by atoms with Gasteiger partial charge in [0.2, 0.25) is 5.28 Å². The van der Waals surface area contributed by atoms with Crippen LogP contribution in [0.15, 0.2) is 0 Å². The van der Waals surface area contributed by atoms with Gasteiger partial charge in [0.25, 0.3) is 0 Å². The summed E-state index contributed by atoms with van der Waals surface area (Å²) in [6, 6.07) is 0. The molecule has 0 radical (unpaired) electrons. The zero-order valence-electron chi connectivity index (χ0n) is 10.9. The van der Waals surface area contributed by atoms with Gasteiger partial charge >= 0.3 is 0 Å². The summed E-state index contributed by atoms with van der Waals surface area (Å²) < 4.78 is 2.04. The molecular formula is C12H22ClN3. The molecule has 0 amide bonds. The Morgan fingerprint density at radius 1 is 1.31 bits per heavy atom. The van der Waals surface area contributed by atoms with Crippen molar-refractivity contribution in [2.24, 2.45) is 11.3 Å². The number of nitrogens with zero attached hydrogens (tertiary/aromatic N) is 3. The summed E-state index contributed by atoms with van der Waals surface area (Å²) in [5.41, 5.74) is 0.275. The SMILES string of the molecule is CCCc1nnc(Cl)n1CC(C)C(C)(C)C. The minimum Gasteiger partial charge on any atom is -0.301 e. The van der Waals surface area contributed by atoms with E-state index in [1.54, 1.807) is 0 Å². The number of hydrogen-bond acceptors (Lipinski definition) is 2. The van der Waals surface area contributed by atoms with Gasteiger partial charge in [0.15, 0.2) is 0 Å². The highest BCUT2D eigenvalue weighted by atomic mass is 35.5. The van der Waals surface area contributed by atoms with Crippen molar-refractivity contribution >= 4 is 11.6 Å². The average molecular weight is 244 g/mol. The van der Waals surface area contributed by atoms with Gasteiger partial charge in [0.1, 0.15) is 5.82 Å². The van der Waals surface area contributed by atoms with Crippen LogP contribution in [-0.2, 0) is 13.0 Å². The number of rotatable bonds is 4. The molecule has 0 saturated heterocycles. The largest absolute Gasteiger partial charge is 0.301 e. The van der Waals surface area contributed by atoms with Crippen molar-refractivity contribution in [1.82, 2.24) is 14.8 Å². The van der Waals surface area contributed by atoms with E-state index in [4.69, 9.17) is 11.6 Å². The first-order valence-corrected chi connectivity index (χ1v) is 6.31. The maximum absolute atomic E-state index is 6.06. The second-order valence-corrected chi connectivity index (χ2v) is 5.85. The van der Waals surface area contributed by atoms with E-state index < -0.39 is 0 Å². The molecule has 0 aliphatic heterocycles. The Balaban J connectivity index is 2.83. The van der Waals surface area contributed by atoms with E-state index in [-0.39, 0.29) is 5.41 Å². The Morgan fingerprint density at radius 3 is 2.44 bits per heavy atom. The van der Waals surface area contributed by atoms with Crippen LogP contribution in [0.25, 0.3) is 0 Å². The number of hydrogen-bond donors (Lipinski definition) is 0. The smallest absolute Gasteiger partial charge is 0.225 e. The highest BCUT2D eigenvalue weighted by molar-refractivity contribution is 6.28. The monoisotopic (exact) mass is 243 g/mol. The molecule has 0 N–H and O–H groups in total. The van der Waals surface area contributed by atoms with Crippen LogP contribution >= 0.6 is 11.6 Å². The lowest BCUT2D eigenvalue weighted by Gasteiger charge is -2.28. The van der Waals surface area contributed by atoms with Crippen LogP contribution in [0.5, 0.6) is 0 Å². The lowest BCUT2D eigenvalue weighted by molar-refractivity contribution is 0.231. The minimum atomic E-state index is 0.275. The molecule has 4 heteroatoms. The Hall–Kier alpha value is -0.570. The molecule has 1 rings (SSSR count).